The Morgan fingerprint density at radius 2 is 1.78 bits per heavy atom. The smallest absolute Gasteiger partial charge is 0.123 e. The molecular formula is C16H25NO. The minimum atomic E-state index is 0.379. The van der Waals surface area contributed by atoms with Crippen molar-refractivity contribution in [2.45, 2.75) is 47.2 Å². The van der Waals surface area contributed by atoms with Crippen LogP contribution in [0.3, 0.4) is 0 Å². The lowest BCUT2D eigenvalue weighted by molar-refractivity contribution is 0.406. The molecule has 1 fully saturated rings. The van der Waals surface area contributed by atoms with Crippen LogP contribution >= 0.6 is 0 Å². The molecule has 1 aliphatic carbocycles. The van der Waals surface area contributed by atoms with Gasteiger partial charge >= 0.3 is 0 Å². The SMILES string of the molecule is COc1ccc(C)cc1CNC1C(C)(C)C1(C)C. The Morgan fingerprint density at radius 1 is 1.17 bits per heavy atom. The molecule has 1 saturated carbocycles. The molecule has 100 valence electrons. The summed E-state index contributed by atoms with van der Waals surface area (Å²) in [5.41, 5.74) is 3.28. The van der Waals surface area contributed by atoms with Crippen molar-refractivity contribution in [3.05, 3.63) is 29.3 Å². The van der Waals surface area contributed by atoms with Crippen LogP contribution in [0, 0.1) is 17.8 Å². The van der Waals surface area contributed by atoms with Crippen LogP contribution in [0.2, 0.25) is 0 Å². The normalized spacial score (nSPS) is 20.8. The van der Waals surface area contributed by atoms with Gasteiger partial charge in [-0.15, -0.1) is 0 Å². The van der Waals surface area contributed by atoms with Crippen LogP contribution in [-0.4, -0.2) is 13.2 Å². The Balaban J connectivity index is 2.06. The van der Waals surface area contributed by atoms with Gasteiger partial charge in [0.15, 0.2) is 0 Å². The third-order valence-electron chi connectivity index (χ3n) is 4.95. The highest BCUT2D eigenvalue weighted by Gasteiger charge is 2.64. The quantitative estimate of drug-likeness (QED) is 0.879. The summed E-state index contributed by atoms with van der Waals surface area (Å²) in [6.07, 6.45) is 0. The minimum Gasteiger partial charge on any atom is -0.496 e. The highest BCUT2D eigenvalue weighted by atomic mass is 16.5. The van der Waals surface area contributed by atoms with Crippen LogP contribution in [0.15, 0.2) is 18.2 Å². The third-order valence-corrected chi connectivity index (χ3v) is 4.95. The first-order chi connectivity index (χ1) is 8.30. The number of ether oxygens (including phenoxy) is 1. The van der Waals surface area contributed by atoms with Gasteiger partial charge in [-0.25, -0.2) is 0 Å². The Bertz CT molecular complexity index is 434. The topological polar surface area (TPSA) is 21.3 Å². The standard InChI is InChI=1S/C16H25NO/c1-11-7-8-13(18-6)12(9-11)10-17-14-15(2,3)16(14,4)5/h7-9,14,17H,10H2,1-6H3. The molecule has 1 aromatic rings. The largest absolute Gasteiger partial charge is 0.496 e. The van der Waals surface area contributed by atoms with Gasteiger partial charge in [0.05, 0.1) is 7.11 Å². The van der Waals surface area contributed by atoms with Crippen molar-refractivity contribution in [2.24, 2.45) is 10.8 Å². The van der Waals surface area contributed by atoms with Gasteiger partial charge in [0, 0.05) is 18.2 Å². The van der Waals surface area contributed by atoms with Gasteiger partial charge in [-0.3, -0.25) is 0 Å². The Hall–Kier alpha value is -1.02. The van der Waals surface area contributed by atoms with Gasteiger partial charge in [0.25, 0.3) is 0 Å². The van der Waals surface area contributed by atoms with Crippen LogP contribution in [0.1, 0.15) is 38.8 Å². The molecular weight excluding hydrogens is 222 g/mol. The summed E-state index contributed by atoms with van der Waals surface area (Å²) in [5, 5.41) is 3.68. The summed E-state index contributed by atoms with van der Waals surface area (Å²) in [6.45, 7) is 12.3. The predicted octanol–water partition coefficient (Wildman–Crippen LogP) is 3.53. The fourth-order valence-corrected chi connectivity index (χ4v) is 2.96. The first-order valence-electron chi connectivity index (χ1n) is 6.67. The van der Waals surface area contributed by atoms with Crippen molar-refractivity contribution >= 4 is 0 Å². The van der Waals surface area contributed by atoms with Gasteiger partial charge in [-0.05, 0) is 23.8 Å². The van der Waals surface area contributed by atoms with Gasteiger partial charge in [0.2, 0.25) is 0 Å². The van der Waals surface area contributed by atoms with Crippen molar-refractivity contribution in [2.75, 3.05) is 7.11 Å². The van der Waals surface area contributed by atoms with E-state index in [0.717, 1.165) is 12.3 Å². The minimum absolute atomic E-state index is 0.379. The lowest BCUT2D eigenvalue weighted by Gasteiger charge is -2.11. The van der Waals surface area contributed by atoms with Crippen molar-refractivity contribution in [1.82, 2.24) is 5.32 Å². The molecule has 2 nitrogen and oxygen atoms in total. The van der Waals surface area contributed by atoms with Crippen LogP contribution in [-0.2, 0) is 6.54 Å². The zero-order valence-corrected chi connectivity index (χ0v) is 12.4. The Labute approximate surface area is 111 Å². The number of benzene rings is 1. The van der Waals surface area contributed by atoms with Crippen LogP contribution in [0.25, 0.3) is 0 Å². The maximum absolute atomic E-state index is 5.42. The van der Waals surface area contributed by atoms with Gasteiger partial charge in [0.1, 0.15) is 5.75 Å². The molecule has 18 heavy (non-hydrogen) atoms. The monoisotopic (exact) mass is 247 g/mol. The number of methoxy groups -OCH3 is 1. The molecule has 0 heterocycles. The molecule has 0 bridgehead atoms. The molecule has 2 rings (SSSR count). The zero-order valence-electron chi connectivity index (χ0n) is 12.4. The Morgan fingerprint density at radius 3 is 2.28 bits per heavy atom. The number of aryl methyl sites for hydroxylation is 1. The first-order valence-corrected chi connectivity index (χ1v) is 6.67. The average Bonchev–Trinajstić information content (AvgIpc) is 2.67. The van der Waals surface area contributed by atoms with Gasteiger partial charge < -0.3 is 10.1 Å². The van der Waals surface area contributed by atoms with E-state index in [0.29, 0.717) is 16.9 Å². The molecule has 0 aromatic heterocycles. The summed E-state index contributed by atoms with van der Waals surface area (Å²) in [7, 11) is 1.74. The molecule has 1 N–H and O–H groups in total. The maximum Gasteiger partial charge on any atom is 0.123 e. The van der Waals surface area contributed by atoms with Crippen molar-refractivity contribution in [3.8, 4) is 5.75 Å². The van der Waals surface area contributed by atoms with E-state index in [1.807, 2.05) is 0 Å². The van der Waals surface area contributed by atoms with Gasteiger partial charge in [-0.2, -0.15) is 0 Å². The maximum atomic E-state index is 5.42. The van der Waals surface area contributed by atoms with E-state index in [4.69, 9.17) is 4.74 Å². The van der Waals surface area contributed by atoms with E-state index < -0.39 is 0 Å². The summed E-state index contributed by atoms with van der Waals surface area (Å²) < 4.78 is 5.42. The lowest BCUT2D eigenvalue weighted by atomic mass is 10.0. The molecule has 0 saturated heterocycles. The van der Waals surface area contributed by atoms with E-state index in [1.165, 1.54) is 11.1 Å². The van der Waals surface area contributed by atoms with E-state index in [9.17, 15) is 0 Å². The molecule has 1 aliphatic rings. The lowest BCUT2D eigenvalue weighted by Crippen LogP contribution is -2.22. The summed E-state index contributed by atoms with van der Waals surface area (Å²) in [5.74, 6) is 0.976. The number of nitrogens with one attached hydrogen (secondary N) is 1. The van der Waals surface area contributed by atoms with Crippen molar-refractivity contribution in [3.63, 3.8) is 0 Å². The fraction of sp³-hybridized carbons (Fsp3) is 0.625. The number of hydrogen-bond acceptors (Lipinski definition) is 2. The summed E-state index contributed by atoms with van der Waals surface area (Å²) in [4.78, 5) is 0. The third kappa shape index (κ3) is 2.03. The molecule has 0 radical (unpaired) electrons. The second-order valence-electron chi connectivity index (χ2n) is 6.57. The van der Waals surface area contributed by atoms with E-state index in [1.54, 1.807) is 7.11 Å². The molecule has 1 aromatic carbocycles. The molecule has 0 aliphatic heterocycles. The average molecular weight is 247 g/mol. The highest BCUT2D eigenvalue weighted by Crippen LogP contribution is 2.62. The highest BCUT2D eigenvalue weighted by molar-refractivity contribution is 5.37. The molecule has 2 heteroatoms. The van der Waals surface area contributed by atoms with Crippen molar-refractivity contribution in [1.29, 1.82) is 0 Å². The number of rotatable bonds is 4. The first kappa shape index (κ1) is 13.4. The fourth-order valence-electron chi connectivity index (χ4n) is 2.96. The van der Waals surface area contributed by atoms with E-state index in [-0.39, 0.29) is 0 Å². The van der Waals surface area contributed by atoms with Crippen LogP contribution < -0.4 is 10.1 Å². The molecule has 0 unspecified atom stereocenters. The van der Waals surface area contributed by atoms with Gasteiger partial charge in [-0.1, -0.05) is 45.4 Å². The van der Waals surface area contributed by atoms with Crippen molar-refractivity contribution < 1.29 is 4.74 Å². The second-order valence-corrected chi connectivity index (χ2v) is 6.57. The van der Waals surface area contributed by atoms with E-state index >= 15 is 0 Å². The molecule has 0 atom stereocenters. The molecule has 0 spiro atoms. The zero-order chi connectivity index (χ0) is 13.6. The van der Waals surface area contributed by atoms with E-state index in [2.05, 4.69) is 58.1 Å². The number of hydrogen-bond donors (Lipinski definition) is 1. The van der Waals surface area contributed by atoms with Crippen LogP contribution in [0.4, 0.5) is 0 Å². The summed E-state index contributed by atoms with van der Waals surface area (Å²) >= 11 is 0. The van der Waals surface area contributed by atoms with Crippen LogP contribution in [0.5, 0.6) is 5.75 Å². The predicted molar refractivity (Wildman–Crippen MR) is 75.9 cm³/mol. The Kier molecular flexibility index (Phi) is 3.18. The second kappa shape index (κ2) is 4.27. The molecule has 0 amide bonds. The summed E-state index contributed by atoms with van der Waals surface area (Å²) in [6, 6.07) is 6.92.